The molecule has 0 bridgehead atoms. The van der Waals surface area contributed by atoms with Crippen LogP contribution in [-0.2, 0) is 4.79 Å². The third kappa shape index (κ3) is 5.08. The molecule has 4 rings (SSSR count). The lowest BCUT2D eigenvalue weighted by molar-refractivity contribution is -0.118. The zero-order valence-electron chi connectivity index (χ0n) is 17.2. The molecule has 3 aromatic carbocycles. The first-order valence-corrected chi connectivity index (χ1v) is 9.68. The van der Waals surface area contributed by atoms with Crippen molar-refractivity contribution in [3.05, 3.63) is 78.4 Å². The number of amides is 1. The zero-order chi connectivity index (χ0) is 21.6. The fourth-order valence-corrected chi connectivity index (χ4v) is 2.92. The summed E-state index contributed by atoms with van der Waals surface area (Å²) in [6.45, 7) is 1.88. The molecule has 0 radical (unpaired) electrons. The molecule has 0 saturated carbocycles. The molecule has 0 saturated heterocycles. The first-order chi connectivity index (χ1) is 15.1. The van der Waals surface area contributed by atoms with Gasteiger partial charge in [0.05, 0.1) is 7.11 Å². The van der Waals surface area contributed by atoms with Gasteiger partial charge in [0.1, 0.15) is 11.5 Å². The summed E-state index contributed by atoms with van der Waals surface area (Å²) in [6, 6.07) is 22.2. The molecule has 1 heterocycles. The fourth-order valence-electron chi connectivity index (χ4n) is 2.92. The highest BCUT2D eigenvalue weighted by Gasteiger charge is 2.12. The number of hydrogen-bond donors (Lipinski definition) is 1. The van der Waals surface area contributed by atoms with E-state index in [0.717, 1.165) is 16.8 Å². The number of aromatic nitrogens is 2. The Hall–Kier alpha value is -4.13. The average Bonchev–Trinajstić information content (AvgIpc) is 3.30. The van der Waals surface area contributed by atoms with E-state index in [1.54, 1.807) is 19.2 Å². The summed E-state index contributed by atoms with van der Waals surface area (Å²) in [6.07, 6.45) is 0. The second-order valence-electron chi connectivity index (χ2n) is 6.89. The quantitative estimate of drug-likeness (QED) is 0.469. The Labute approximate surface area is 179 Å². The number of nitrogens with one attached hydrogen (secondary N) is 1. The minimum absolute atomic E-state index is 0.112. The molecule has 1 aromatic heterocycles. The molecule has 156 valence electrons. The normalized spacial score (nSPS) is 10.5. The van der Waals surface area contributed by atoms with Crippen LogP contribution in [0.15, 0.2) is 77.3 Å². The maximum Gasteiger partial charge on any atom is 0.262 e. The number of methoxy groups -OCH3 is 1. The number of carbonyl (C=O) groups is 1. The van der Waals surface area contributed by atoms with Crippen LogP contribution in [0, 0.1) is 6.92 Å². The van der Waals surface area contributed by atoms with Gasteiger partial charge in [0, 0.05) is 16.8 Å². The van der Waals surface area contributed by atoms with Crippen LogP contribution in [0.25, 0.3) is 22.8 Å². The van der Waals surface area contributed by atoms with Crippen molar-refractivity contribution in [1.82, 2.24) is 10.1 Å². The second kappa shape index (κ2) is 9.13. The van der Waals surface area contributed by atoms with E-state index in [-0.39, 0.29) is 12.5 Å². The number of carbonyl (C=O) groups excluding carboxylic acids is 1. The van der Waals surface area contributed by atoms with Gasteiger partial charge < -0.3 is 19.3 Å². The molecule has 7 nitrogen and oxygen atoms in total. The van der Waals surface area contributed by atoms with Crippen LogP contribution in [0.2, 0.25) is 0 Å². The Bertz CT molecular complexity index is 1190. The molecule has 0 atom stereocenters. The molecule has 31 heavy (non-hydrogen) atoms. The van der Waals surface area contributed by atoms with Crippen LogP contribution < -0.4 is 14.8 Å². The lowest BCUT2D eigenvalue weighted by Gasteiger charge is -2.08. The molecule has 0 aliphatic heterocycles. The van der Waals surface area contributed by atoms with E-state index in [9.17, 15) is 4.79 Å². The molecule has 0 fully saturated rings. The Balaban J connectivity index is 1.42. The van der Waals surface area contributed by atoms with Crippen molar-refractivity contribution >= 4 is 11.6 Å². The zero-order valence-corrected chi connectivity index (χ0v) is 17.2. The third-order valence-corrected chi connectivity index (χ3v) is 4.54. The van der Waals surface area contributed by atoms with Gasteiger partial charge in [-0.3, -0.25) is 4.79 Å². The molecule has 0 spiro atoms. The van der Waals surface area contributed by atoms with Crippen LogP contribution in [0.1, 0.15) is 5.56 Å². The second-order valence-corrected chi connectivity index (χ2v) is 6.89. The van der Waals surface area contributed by atoms with Gasteiger partial charge in [-0.1, -0.05) is 41.1 Å². The summed E-state index contributed by atoms with van der Waals surface area (Å²) in [4.78, 5) is 16.6. The van der Waals surface area contributed by atoms with E-state index in [4.69, 9.17) is 14.0 Å². The van der Waals surface area contributed by atoms with Gasteiger partial charge in [-0.25, -0.2) is 0 Å². The number of aryl methyl sites for hydroxylation is 1. The molecule has 0 aliphatic carbocycles. The van der Waals surface area contributed by atoms with Crippen LogP contribution in [-0.4, -0.2) is 29.8 Å². The predicted octanol–water partition coefficient (Wildman–Crippen LogP) is 4.74. The van der Waals surface area contributed by atoms with Crippen molar-refractivity contribution in [3.63, 3.8) is 0 Å². The van der Waals surface area contributed by atoms with Gasteiger partial charge in [-0.15, -0.1) is 0 Å². The highest BCUT2D eigenvalue weighted by Crippen LogP contribution is 2.26. The van der Waals surface area contributed by atoms with Gasteiger partial charge in [-0.05, 0) is 49.4 Å². The largest absolute Gasteiger partial charge is 0.497 e. The molecule has 0 aliphatic rings. The SMILES string of the molecule is COc1cccc(-c2nc(-c3cccc(OCC(=O)Nc4ccc(C)cc4)c3)no2)c1. The van der Waals surface area contributed by atoms with Crippen LogP contribution >= 0.6 is 0 Å². The van der Waals surface area contributed by atoms with Crippen molar-refractivity contribution in [2.45, 2.75) is 6.92 Å². The lowest BCUT2D eigenvalue weighted by atomic mass is 10.2. The first kappa shape index (κ1) is 20.2. The van der Waals surface area contributed by atoms with E-state index in [1.165, 1.54) is 0 Å². The van der Waals surface area contributed by atoms with Crippen molar-refractivity contribution in [1.29, 1.82) is 0 Å². The predicted molar refractivity (Wildman–Crippen MR) is 117 cm³/mol. The molecule has 7 heteroatoms. The standard InChI is InChI=1S/C24H21N3O4/c1-16-9-11-19(12-10-16)25-22(28)15-30-21-8-3-5-17(13-21)23-26-24(31-27-23)18-6-4-7-20(14-18)29-2/h3-14H,15H2,1-2H3,(H,25,28). The topological polar surface area (TPSA) is 86.5 Å². The van der Waals surface area contributed by atoms with E-state index < -0.39 is 0 Å². The Morgan fingerprint density at radius 2 is 1.68 bits per heavy atom. The van der Waals surface area contributed by atoms with Gasteiger partial charge in [-0.2, -0.15) is 4.98 Å². The average molecular weight is 415 g/mol. The fraction of sp³-hybridized carbons (Fsp3) is 0.125. The minimum atomic E-state index is -0.242. The summed E-state index contributed by atoms with van der Waals surface area (Å²) in [5.41, 5.74) is 3.33. The summed E-state index contributed by atoms with van der Waals surface area (Å²) in [7, 11) is 1.60. The number of rotatable bonds is 7. The summed E-state index contributed by atoms with van der Waals surface area (Å²) in [5, 5.41) is 6.86. The monoisotopic (exact) mass is 415 g/mol. The molecular formula is C24H21N3O4. The Kier molecular flexibility index (Phi) is 5.93. The highest BCUT2D eigenvalue weighted by molar-refractivity contribution is 5.91. The smallest absolute Gasteiger partial charge is 0.262 e. The third-order valence-electron chi connectivity index (χ3n) is 4.54. The highest BCUT2D eigenvalue weighted by atomic mass is 16.5. The van der Waals surface area contributed by atoms with E-state index in [1.807, 2.05) is 67.6 Å². The minimum Gasteiger partial charge on any atom is -0.497 e. The van der Waals surface area contributed by atoms with Crippen molar-refractivity contribution in [3.8, 4) is 34.3 Å². The summed E-state index contributed by atoms with van der Waals surface area (Å²) < 4.78 is 16.3. The van der Waals surface area contributed by atoms with Crippen LogP contribution in [0.5, 0.6) is 11.5 Å². The summed E-state index contributed by atoms with van der Waals surface area (Å²) >= 11 is 0. The van der Waals surface area contributed by atoms with Crippen molar-refractivity contribution < 1.29 is 18.8 Å². The number of benzene rings is 3. The Morgan fingerprint density at radius 3 is 2.45 bits per heavy atom. The lowest BCUT2D eigenvalue weighted by Crippen LogP contribution is -2.20. The molecule has 0 unspecified atom stereocenters. The van der Waals surface area contributed by atoms with Crippen LogP contribution in [0.3, 0.4) is 0 Å². The van der Waals surface area contributed by atoms with Crippen molar-refractivity contribution in [2.75, 3.05) is 19.0 Å². The van der Waals surface area contributed by atoms with E-state index >= 15 is 0 Å². The number of hydrogen-bond acceptors (Lipinski definition) is 6. The maximum atomic E-state index is 12.2. The molecular weight excluding hydrogens is 394 g/mol. The number of ether oxygens (including phenoxy) is 2. The van der Waals surface area contributed by atoms with E-state index in [0.29, 0.717) is 28.8 Å². The van der Waals surface area contributed by atoms with E-state index in [2.05, 4.69) is 15.5 Å². The van der Waals surface area contributed by atoms with Gasteiger partial charge >= 0.3 is 0 Å². The first-order valence-electron chi connectivity index (χ1n) is 9.68. The van der Waals surface area contributed by atoms with Crippen molar-refractivity contribution in [2.24, 2.45) is 0 Å². The molecule has 1 N–H and O–H groups in total. The molecule has 4 aromatic rings. The van der Waals surface area contributed by atoms with Crippen LogP contribution in [0.4, 0.5) is 5.69 Å². The van der Waals surface area contributed by atoms with Gasteiger partial charge in [0.25, 0.3) is 11.8 Å². The molecule has 1 amide bonds. The maximum absolute atomic E-state index is 12.2. The number of anilines is 1. The number of nitrogens with zero attached hydrogens (tertiary/aromatic N) is 2. The summed E-state index contributed by atoms with van der Waals surface area (Å²) in [5.74, 6) is 1.81. The van der Waals surface area contributed by atoms with Gasteiger partial charge in [0.15, 0.2) is 6.61 Å². The van der Waals surface area contributed by atoms with Gasteiger partial charge in [0.2, 0.25) is 5.82 Å². The Morgan fingerprint density at radius 1 is 0.968 bits per heavy atom.